The minimum Gasteiger partial charge on any atom is -0.508 e. The van der Waals surface area contributed by atoms with Crippen molar-refractivity contribution in [1.29, 1.82) is 0 Å². The van der Waals surface area contributed by atoms with E-state index in [1.54, 1.807) is 48.6 Å². The van der Waals surface area contributed by atoms with Gasteiger partial charge in [-0.25, -0.2) is 12.4 Å². The van der Waals surface area contributed by atoms with Crippen molar-refractivity contribution in [3.8, 4) is 5.75 Å². The van der Waals surface area contributed by atoms with Crippen LogP contribution in [0.2, 0.25) is 0 Å². The van der Waals surface area contributed by atoms with Gasteiger partial charge >= 0.3 is 0 Å². The van der Waals surface area contributed by atoms with Crippen LogP contribution in [-0.2, 0) is 19.6 Å². The van der Waals surface area contributed by atoms with Crippen molar-refractivity contribution in [2.45, 2.75) is 6.42 Å². The standard InChI is InChI=1S/C22H19NO5S/c1-29(27,28)23-13-12-18-7-2-17(14-22(18)23)6-11-21(26)15-20(25)10-5-16-3-8-19(24)9-4-16/h2-14,24H,15H2,1H3. The third kappa shape index (κ3) is 5.30. The van der Waals surface area contributed by atoms with Gasteiger partial charge in [-0.05, 0) is 47.5 Å². The smallest absolute Gasteiger partial charge is 0.236 e. The Balaban J connectivity index is 1.67. The summed E-state index contributed by atoms with van der Waals surface area (Å²) in [6, 6.07) is 13.2. The molecule has 0 aliphatic carbocycles. The molecule has 0 aliphatic rings. The Bertz CT molecular complexity index is 1230. The van der Waals surface area contributed by atoms with Crippen LogP contribution in [0, 0.1) is 0 Å². The normalized spacial score (nSPS) is 12.2. The molecular formula is C22H19NO5S. The summed E-state index contributed by atoms with van der Waals surface area (Å²) in [6.45, 7) is 0. The lowest BCUT2D eigenvalue weighted by molar-refractivity contribution is -0.121. The van der Waals surface area contributed by atoms with E-state index in [9.17, 15) is 23.1 Å². The topological polar surface area (TPSA) is 93.4 Å². The van der Waals surface area contributed by atoms with Crippen molar-refractivity contribution < 1.29 is 23.1 Å². The fraction of sp³-hybridized carbons (Fsp3) is 0.0909. The molecule has 1 heterocycles. The summed E-state index contributed by atoms with van der Waals surface area (Å²) in [4.78, 5) is 24.0. The largest absolute Gasteiger partial charge is 0.508 e. The van der Waals surface area contributed by atoms with Crippen LogP contribution in [0.15, 0.2) is 66.9 Å². The Morgan fingerprint density at radius 1 is 0.931 bits per heavy atom. The number of carbonyl (C=O) groups excluding carboxylic acids is 2. The van der Waals surface area contributed by atoms with Crippen molar-refractivity contribution in [2.24, 2.45) is 0 Å². The summed E-state index contributed by atoms with van der Waals surface area (Å²) in [7, 11) is -3.42. The molecule has 7 heteroatoms. The lowest BCUT2D eigenvalue weighted by Gasteiger charge is -2.02. The maximum Gasteiger partial charge on any atom is 0.236 e. The highest BCUT2D eigenvalue weighted by Crippen LogP contribution is 2.20. The van der Waals surface area contributed by atoms with E-state index in [0.29, 0.717) is 11.1 Å². The molecule has 0 saturated heterocycles. The molecule has 3 aromatic rings. The molecule has 1 aromatic heterocycles. The number of phenolic OH excluding ortho intramolecular Hbond substituents is 1. The molecule has 0 fully saturated rings. The van der Waals surface area contributed by atoms with Crippen LogP contribution in [0.1, 0.15) is 17.5 Å². The van der Waals surface area contributed by atoms with E-state index in [4.69, 9.17) is 0 Å². The summed E-state index contributed by atoms with van der Waals surface area (Å²) in [5.41, 5.74) is 1.91. The van der Waals surface area contributed by atoms with Crippen molar-refractivity contribution in [1.82, 2.24) is 3.97 Å². The van der Waals surface area contributed by atoms with Gasteiger partial charge in [0.05, 0.1) is 18.2 Å². The van der Waals surface area contributed by atoms with E-state index in [2.05, 4.69) is 0 Å². The predicted molar refractivity (Wildman–Crippen MR) is 113 cm³/mol. The average molecular weight is 409 g/mol. The van der Waals surface area contributed by atoms with Gasteiger partial charge < -0.3 is 5.11 Å². The van der Waals surface area contributed by atoms with Gasteiger partial charge in [0.1, 0.15) is 5.75 Å². The molecule has 1 N–H and O–H groups in total. The second-order valence-corrected chi connectivity index (χ2v) is 8.42. The first kappa shape index (κ1) is 20.3. The molecule has 0 atom stereocenters. The van der Waals surface area contributed by atoms with E-state index in [1.807, 2.05) is 0 Å². The lowest BCUT2D eigenvalue weighted by Crippen LogP contribution is -2.08. The number of rotatable bonds is 7. The van der Waals surface area contributed by atoms with Gasteiger partial charge in [0.25, 0.3) is 0 Å². The van der Waals surface area contributed by atoms with E-state index in [1.165, 1.54) is 34.5 Å². The number of hydrogen-bond acceptors (Lipinski definition) is 5. The van der Waals surface area contributed by atoms with Gasteiger partial charge in [-0.2, -0.15) is 0 Å². The second kappa shape index (κ2) is 8.28. The summed E-state index contributed by atoms with van der Waals surface area (Å²) < 4.78 is 24.8. The van der Waals surface area contributed by atoms with Crippen LogP contribution >= 0.6 is 0 Å². The number of fused-ring (bicyclic) bond motifs is 1. The molecule has 3 rings (SSSR count). The third-order valence-electron chi connectivity index (χ3n) is 4.20. The predicted octanol–water partition coefficient (Wildman–Crippen LogP) is 3.41. The maximum atomic E-state index is 12.0. The Morgan fingerprint density at radius 3 is 2.14 bits per heavy atom. The van der Waals surface area contributed by atoms with Crippen LogP contribution in [0.25, 0.3) is 23.1 Å². The lowest BCUT2D eigenvalue weighted by atomic mass is 10.1. The third-order valence-corrected chi connectivity index (χ3v) is 5.24. The molecule has 6 nitrogen and oxygen atoms in total. The monoisotopic (exact) mass is 409 g/mol. The van der Waals surface area contributed by atoms with Gasteiger partial charge in [-0.1, -0.05) is 36.4 Å². The van der Waals surface area contributed by atoms with Gasteiger partial charge in [0.2, 0.25) is 10.0 Å². The van der Waals surface area contributed by atoms with Crippen molar-refractivity contribution >= 4 is 44.6 Å². The highest BCUT2D eigenvalue weighted by atomic mass is 32.2. The van der Waals surface area contributed by atoms with Crippen LogP contribution in [0.3, 0.4) is 0 Å². The number of carbonyl (C=O) groups is 2. The maximum absolute atomic E-state index is 12.0. The number of allylic oxidation sites excluding steroid dienone is 2. The molecule has 0 aliphatic heterocycles. The molecule has 0 saturated carbocycles. The fourth-order valence-electron chi connectivity index (χ4n) is 2.77. The minimum absolute atomic E-state index is 0.135. The molecule has 0 unspecified atom stereocenters. The molecular weight excluding hydrogens is 390 g/mol. The van der Waals surface area contributed by atoms with Crippen molar-refractivity contribution in [3.63, 3.8) is 0 Å². The van der Waals surface area contributed by atoms with Crippen molar-refractivity contribution in [3.05, 3.63) is 78.0 Å². The van der Waals surface area contributed by atoms with E-state index in [-0.39, 0.29) is 23.7 Å². The zero-order valence-corrected chi connectivity index (χ0v) is 16.5. The highest BCUT2D eigenvalue weighted by Gasteiger charge is 2.10. The van der Waals surface area contributed by atoms with Gasteiger partial charge in [-0.3, -0.25) is 9.59 Å². The Kier molecular flexibility index (Phi) is 5.79. The second-order valence-electron chi connectivity index (χ2n) is 6.56. The fourth-order valence-corrected chi connectivity index (χ4v) is 3.56. The summed E-state index contributed by atoms with van der Waals surface area (Å²) in [5.74, 6) is -0.561. The SMILES string of the molecule is CS(=O)(=O)n1ccc2ccc(C=CC(=O)CC(=O)C=Cc3ccc(O)cc3)cc21. The number of phenols is 1. The summed E-state index contributed by atoms with van der Waals surface area (Å²) >= 11 is 0. The average Bonchev–Trinajstić information content (AvgIpc) is 3.09. The Labute approximate surface area is 168 Å². The first-order chi connectivity index (χ1) is 13.7. The highest BCUT2D eigenvalue weighted by molar-refractivity contribution is 7.89. The molecule has 2 aromatic carbocycles. The van der Waals surface area contributed by atoms with E-state index in [0.717, 1.165) is 17.2 Å². The van der Waals surface area contributed by atoms with Crippen LogP contribution in [-0.4, -0.2) is 35.3 Å². The zero-order valence-electron chi connectivity index (χ0n) is 15.6. The minimum atomic E-state index is -3.42. The molecule has 148 valence electrons. The van der Waals surface area contributed by atoms with Crippen LogP contribution < -0.4 is 0 Å². The first-order valence-corrected chi connectivity index (χ1v) is 10.6. The van der Waals surface area contributed by atoms with E-state index >= 15 is 0 Å². The van der Waals surface area contributed by atoms with E-state index < -0.39 is 10.0 Å². The zero-order chi connectivity index (χ0) is 21.0. The van der Waals surface area contributed by atoms with Crippen molar-refractivity contribution in [2.75, 3.05) is 6.26 Å². The molecule has 0 spiro atoms. The Hall–Kier alpha value is -3.45. The summed E-state index contributed by atoms with van der Waals surface area (Å²) in [6.07, 6.45) is 8.09. The van der Waals surface area contributed by atoms with Crippen LogP contribution in [0.4, 0.5) is 0 Å². The first-order valence-electron chi connectivity index (χ1n) is 8.75. The molecule has 0 radical (unpaired) electrons. The molecule has 29 heavy (non-hydrogen) atoms. The number of hydrogen-bond donors (Lipinski definition) is 1. The molecule has 0 bridgehead atoms. The number of aromatic hydroxyl groups is 1. The molecule has 0 amide bonds. The summed E-state index contributed by atoms with van der Waals surface area (Å²) in [5, 5.41) is 10.0. The number of benzene rings is 2. The van der Waals surface area contributed by atoms with Gasteiger partial charge in [0, 0.05) is 11.6 Å². The number of nitrogens with zero attached hydrogens (tertiary/aromatic N) is 1. The number of ketones is 2. The quantitative estimate of drug-likeness (QED) is 0.477. The van der Waals surface area contributed by atoms with Gasteiger partial charge in [-0.15, -0.1) is 0 Å². The number of aromatic nitrogens is 1. The van der Waals surface area contributed by atoms with Crippen LogP contribution in [0.5, 0.6) is 5.75 Å². The van der Waals surface area contributed by atoms with Gasteiger partial charge in [0.15, 0.2) is 11.6 Å². The Morgan fingerprint density at radius 2 is 1.52 bits per heavy atom.